The van der Waals surface area contributed by atoms with Gasteiger partial charge in [0, 0.05) is 11.3 Å². The highest BCUT2D eigenvalue weighted by Gasteiger charge is 2.33. The summed E-state index contributed by atoms with van der Waals surface area (Å²) in [6.45, 7) is 3.21. The molecule has 5 heteroatoms. The van der Waals surface area contributed by atoms with Gasteiger partial charge in [-0.25, -0.2) is 0 Å². The molecule has 1 aliphatic carbocycles. The monoisotopic (exact) mass is 467 g/mol. The Kier molecular flexibility index (Phi) is 7.34. The molecule has 1 heterocycles. The first-order valence-corrected chi connectivity index (χ1v) is 12.8. The number of nitrogens with zero attached hydrogens (tertiary/aromatic N) is 2. The summed E-state index contributed by atoms with van der Waals surface area (Å²) in [5.74, 6) is 0.746. The molecule has 1 amide bonds. The maximum atomic E-state index is 13.0. The van der Waals surface area contributed by atoms with E-state index < -0.39 is 0 Å². The van der Waals surface area contributed by atoms with Crippen LogP contribution in [0.4, 0.5) is 5.69 Å². The molecule has 5 rings (SSSR count). The van der Waals surface area contributed by atoms with Gasteiger partial charge >= 0.3 is 0 Å². The van der Waals surface area contributed by atoms with E-state index in [-0.39, 0.29) is 17.9 Å². The molecular formula is C30H33N3O2. The Morgan fingerprint density at radius 2 is 1.60 bits per heavy atom. The van der Waals surface area contributed by atoms with Crippen LogP contribution >= 0.6 is 0 Å². The van der Waals surface area contributed by atoms with Gasteiger partial charge in [0.05, 0.1) is 0 Å². The molecule has 180 valence electrons. The molecule has 3 aromatic carbocycles. The van der Waals surface area contributed by atoms with Crippen LogP contribution in [0, 0.1) is 10.8 Å². The van der Waals surface area contributed by atoms with Crippen LogP contribution < -0.4 is 5.32 Å². The molecule has 0 radical (unpaired) electrons. The second-order valence-corrected chi connectivity index (χ2v) is 9.86. The second kappa shape index (κ2) is 11.0. The number of hydrogen-bond acceptors (Lipinski definition) is 4. The van der Waals surface area contributed by atoms with Crippen molar-refractivity contribution in [1.82, 2.24) is 4.90 Å². The largest absolute Gasteiger partial charge is 0.322 e. The van der Waals surface area contributed by atoms with Crippen molar-refractivity contribution in [3.8, 4) is 0 Å². The number of para-hydroxylation sites is 1. The van der Waals surface area contributed by atoms with Gasteiger partial charge in [0.15, 0.2) is 0 Å². The maximum Gasteiger partial charge on any atom is 0.255 e. The number of fused-ring (bicyclic) bond motifs is 1. The molecule has 2 unspecified atom stereocenters. The van der Waals surface area contributed by atoms with Gasteiger partial charge in [0.25, 0.3) is 5.91 Å². The fourth-order valence-corrected chi connectivity index (χ4v) is 5.84. The van der Waals surface area contributed by atoms with Gasteiger partial charge in [-0.3, -0.25) is 4.79 Å². The third kappa shape index (κ3) is 5.35. The van der Waals surface area contributed by atoms with Crippen LogP contribution in [0.2, 0.25) is 0 Å². The Morgan fingerprint density at radius 1 is 0.886 bits per heavy atom. The summed E-state index contributed by atoms with van der Waals surface area (Å²) in [7, 11) is 0. The third-order valence-corrected chi connectivity index (χ3v) is 7.81. The van der Waals surface area contributed by atoms with E-state index in [1.165, 1.54) is 18.4 Å². The predicted molar refractivity (Wildman–Crippen MR) is 141 cm³/mol. The fraction of sp³-hybridized carbons (Fsp3) is 0.367. The first kappa shape index (κ1) is 23.4. The molecule has 0 aromatic heterocycles. The molecule has 1 fully saturated rings. The van der Waals surface area contributed by atoms with E-state index in [2.05, 4.69) is 45.7 Å². The number of benzene rings is 3. The Hall–Kier alpha value is -3.31. The number of anilines is 1. The van der Waals surface area contributed by atoms with E-state index in [1.807, 2.05) is 48.5 Å². The first-order valence-electron chi connectivity index (χ1n) is 12.8. The number of carbonyl (C=O) groups excluding carboxylic acids is 1. The maximum absolute atomic E-state index is 13.0. The summed E-state index contributed by atoms with van der Waals surface area (Å²) in [5.41, 5.74) is 4.78. The van der Waals surface area contributed by atoms with Gasteiger partial charge in [0.1, 0.15) is 6.04 Å². The second-order valence-electron chi connectivity index (χ2n) is 9.86. The van der Waals surface area contributed by atoms with Crippen LogP contribution in [0.25, 0.3) is 0 Å². The Bertz CT molecular complexity index is 1140. The van der Waals surface area contributed by atoms with Crippen molar-refractivity contribution in [2.24, 2.45) is 11.1 Å². The zero-order valence-corrected chi connectivity index (χ0v) is 20.1. The number of piperidine rings is 1. The third-order valence-electron chi connectivity index (χ3n) is 7.81. The van der Waals surface area contributed by atoms with Gasteiger partial charge in [-0.05, 0) is 98.5 Å². The summed E-state index contributed by atoms with van der Waals surface area (Å²) < 4.78 is 0. The number of amides is 1. The molecule has 1 aliphatic heterocycles. The van der Waals surface area contributed by atoms with Crippen molar-refractivity contribution >= 4 is 11.6 Å². The number of nitroso groups, excluding NO2 is 1. The molecule has 1 saturated heterocycles. The standard InChI is InChI=1S/C30H33N3O2/c34-30(31-25-10-5-2-6-11-25)28-13-7-12-27-26(28)15-14-24(29(27)32-35)18-21-33-19-16-23(17-20-33)22-8-3-1-4-9-22/h1-13,23-24,29H,14-21H2,(H,31,34). The molecule has 1 N–H and O–H groups in total. The van der Waals surface area contributed by atoms with E-state index >= 15 is 0 Å². The molecule has 0 spiro atoms. The van der Waals surface area contributed by atoms with Crippen molar-refractivity contribution in [1.29, 1.82) is 0 Å². The highest BCUT2D eigenvalue weighted by molar-refractivity contribution is 6.05. The predicted octanol–water partition coefficient (Wildman–Crippen LogP) is 6.58. The quantitative estimate of drug-likeness (QED) is 0.399. The topological polar surface area (TPSA) is 61.8 Å². The number of hydrogen-bond donors (Lipinski definition) is 1. The SMILES string of the molecule is O=NC1c2cccc(C(=O)Nc3ccccc3)c2CCC1CCN1CCC(c2ccccc2)CC1. The minimum atomic E-state index is -0.384. The van der Waals surface area contributed by atoms with Crippen molar-refractivity contribution < 1.29 is 4.79 Å². The van der Waals surface area contributed by atoms with Crippen LogP contribution in [-0.4, -0.2) is 30.4 Å². The van der Waals surface area contributed by atoms with Crippen molar-refractivity contribution in [3.05, 3.63) is 106 Å². The molecule has 2 aliphatic rings. The molecule has 2 atom stereocenters. The van der Waals surface area contributed by atoms with E-state index in [1.54, 1.807) is 0 Å². The van der Waals surface area contributed by atoms with Crippen molar-refractivity contribution in [2.45, 2.75) is 44.1 Å². The average Bonchev–Trinajstić information content (AvgIpc) is 2.92. The minimum Gasteiger partial charge on any atom is -0.322 e. The lowest BCUT2D eigenvalue weighted by atomic mass is 9.76. The first-order chi connectivity index (χ1) is 17.2. The number of likely N-dealkylation sites (tertiary alicyclic amines) is 1. The van der Waals surface area contributed by atoms with Gasteiger partial charge in [-0.2, -0.15) is 4.91 Å². The van der Waals surface area contributed by atoms with Crippen molar-refractivity contribution in [3.63, 3.8) is 0 Å². The number of nitrogens with one attached hydrogen (secondary N) is 1. The van der Waals surface area contributed by atoms with Gasteiger partial charge in [-0.1, -0.05) is 65.8 Å². The minimum absolute atomic E-state index is 0.127. The van der Waals surface area contributed by atoms with Crippen LogP contribution in [0.5, 0.6) is 0 Å². The summed E-state index contributed by atoms with van der Waals surface area (Å²) >= 11 is 0. The summed E-state index contributed by atoms with van der Waals surface area (Å²) in [5, 5.41) is 6.55. The molecule has 0 bridgehead atoms. The van der Waals surface area contributed by atoms with Crippen LogP contribution in [0.1, 0.15) is 64.7 Å². The molecule has 3 aromatic rings. The number of carbonyl (C=O) groups is 1. The molecule has 5 nitrogen and oxygen atoms in total. The summed E-state index contributed by atoms with van der Waals surface area (Å²) in [6.07, 6.45) is 5.03. The van der Waals surface area contributed by atoms with Crippen LogP contribution in [0.3, 0.4) is 0 Å². The van der Waals surface area contributed by atoms with Crippen LogP contribution in [-0.2, 0) is 6.42 Å². The Morgan fingerprint density at radius 3 is 2.31 bits per heavy atom. The summed E-state index contributed by atoms with van der Waals surface area (Å²) in [4.78, 5) is 27.5. The number of rotatable bonds is 7. The van der Waals surface area contributed by atoms with Crippen LogP contribution in [0.15, 0.2) is 84.0 Å². The fourth-order valence-electron chi connectivity index (χ4n) is 5.84. The summed E-state index contributed by atoms with van der Waals surface area (Å²) in [6, 6.07) is 25.6. The van der Waals surface area contributed by atoms with Gasteiger partial charge in [0.2, 0.25) is 0 Å². The normalized spacial score (nSPS) is 20.7. The lowest BCUT2D eigenvalue weighted by molar-refractivity contribution is 0.102. The average molecular weight is 468 g/mol. The van der Waals surface area contributed by atoms with E-state index in [4.69, 9.17) is 0 Å². The molecule has 0 saturated carbocycles. The van der Waals surface area contributed by atoms with E-state index in [0.717, 1.165) is 55.7 Å². The Labute approximate surface area is 207 Å². The van der Waals surface area contributed by atoms with Gasteiger partial charge in [-0.15, -0.1) is 0 Å². The Balaban J connectivity index is 1.21. The lowest BCUT2D eigenvalue weighted by Gasteiger charge is -2.35. The highest BCUT2D eigenvalue weighted by Crippen LogP contribution is 2.40. The van der Waals surface area contributed by atoms with E-state index in [9.17, 15) is 9.70 Å². The van der Waals surface area contributed by atoms with E-state index in [0.29, 0.717) is 11.5 Å². The molecule has 35 heavy (non-hydrogen) atoms. The zero-order valence-electron chi connectivity index (χ0n) is 20.1. The van der Waals surface area contributed by atoms with Crippen molar-refractivity contribution in [2.75, 3.05) is 25.0 Å². The smallest absolute Gasteiger partial charge is 0.255 e. The molecular weight excluding hydrogens is 434 g/mol. The van der Waals surface area contributed by atoms with Gasteiger partial charge < -0.3 is 10.2 Å². The zero-order chi connectivity index (χ0) is 24.0. The highest BCUT2D eigenvalue weighted by atomic mass is 16.3. The lowest BCUT2D eigenvalue weighted by Crippen LogP contribution is -2.35.